The topological polar surface area (TPSA) is 28.7 Å². The molecule has 1 aliphatic rings. The Morgan fingerprint density at radius 3 is 2.85 bits per heavy atom. The molecule has 0 spiro atoms. The Balaban J connectivity index is 2.01. The van der Waals surface area contributed by atoms with Crippen molar-refractivity contribution in [1.82, 2.24) is 9.97 Å². The second-order valence-corrected chi connectivity index (χ2v) is 6.45. The fourth-order valence-corrected chi connectivity index (χ4v) is 3.09. The predicted molar refractivity (Wildman–Crippen MR) is 83.3 cm³/mol. The minimum atomic E-state index is -0.325. The summed E-state index contributed by atoms with van der Waals surface area (Å²) in [5.41, 5.74) is 1.50. The number of aromatic amines is 1. The lowest BCUT2D eigenvalue weighted by Gasteiger charge is -2.09. The van der Waals surface area contributed by atoms with Gasteiger partial charge in [-0.15, -0.1) is 0 Å². The van der Waals surface area contributed by atoms with Crippen molar-refractivity contribution in [3.05, 3.63) is 55.2 Å². The molecular weight excluding hydrogens is 363 g/mol. The van der Waals surface area contributed by atoms with Crippen molar-refractivity contribution >= 4 is 39.7 Å². The Kier molecular flexibility index (Phi) is 3.93. The van der Waals surface area contributed by atoms with E-state index in [1.165, 1.54) is 6.07 Å². The monoisotopic (exact) mass is 372 g/mol. The van der Waals surface area contributed by atoms with Gasteiger partial charge >= 0.3 is 0 Å². The first-order chi connectivity index (χ1) is 9.56. The molecule has 2 aromatic rings. The first kappa shape index (κ1) is 14.2. The zero-order chi connectivity index (χ0) is 14.3. The van der Waals surface area contributed by atoms with E-state index in [9.17, 15) is 4.39 Å². The zero-order valence-electron chi connectivity index (χ0n) is 10.4. The van der Waals surface area contributed by atoms with Crippen LogP contribution in [0.3, 0.4) is 0 Å². The summed E-state index contributed by atoms with van der Waals surface area (Å²) < 4.78 is 15.2. The molecule has 20 heavy (non-hydrogen) atoms. The Morgan fingerprint density at radius 1 is 1.45 bits per heavy atom. The summed E-state index contributed by atoms with van der Waals surface area (Å²) in [6, 6.07) is 4.67. The van der Waals surface area contributed by atoms with Crippen LogP contribution in [0.25, 0.3) is 0 Å². The molecule has 2 nitrogen and oxygen atoms in total. The maximum Gasteiger partial charge on any atom is 0.144 e. The average Bonchev–Trinajstić information content (AvgIpc) is 3.22. The lowest BCUT2D eigenvalue weighted by molar-refractivity contribution is 0.612. The van der Waals surface area contributed by atoms with Crippen LogP contribution < -0.4 is 0 Å². The summed E-state index contributed by atoms with van der Waals surface area (Å²) in [5, 5.41) is 0.405. The summed E-state index contributed by atoms with van der Waals surface area (Å²) in [4.78, 5) is 7.58. The van der Waals surface area contributed by atoms with Crippen LogP contribution in [0.2, 0.25) is 5.02 Å². The normalized spacial score (nSPS) is 14.6. The van der Waals surface area contributed by atoms with Crippen molar-refractivity contribution in [2.75, 3.05) is 0 Å². The van der Waals surface area contributed by atoms with E-state index in [2.05, 4.69) is 25.9 Å². The molecule has 0 atom stereocenters. The third-order valence-electron chi connectivity index (χ3n) is 3.33. The SMILES string of the molecule is Fc1cccc(Cl)c1Cc1nc(=S)c(Br)c(C2CC2)[nH]1. The smallest absolute Gasteiger partial charge is 0.144 e. The van der Waals surface area contributed by atoms with Gasteiger partial charge in [-0.25, -0.2) is 9.37 Å². The Bertz CT molecular complexity index is 707. The van der Waals surface area contributed by atoms with Crippen molar-refractivity contribution in [3.63, 3.8) is 0 Å². The number of H-pyrrole nitrogens is 1. The maximum atomic E-state index is 13.8. The number of hydrogen-bond donors (Lipinski definition) is 1. The quantitative estimate of drug-likeness (QED) is 0.753. The molecule has 1 aromatic carbocycles. The van der Waals surface area contributed by atoms with Crippen LogP contribution in [0.1, 0.15) is 35.8 Å². The maximum absolute atomic E-state index is 13.8. The average molecular weight is 374 g/mol. The summed E-state index contributed by atoms with van der Waals surface area (Å²) in [7, 11) is 0. The molecule has 1 aliphatic carbocycles. The standard InChI is InChI=1S/C14H11BrClFN2S/c15-12-13(7-4-5-7)18-11(19-14(12)20)6-8-9(16)2-1-3-10(8)17/h1-3,7H,4-6H2,(H,18,19,20). The van der Waals surface area contributed by atoms with Crippen LogP contribution in [0.4, 0.5) is 4.39 Å². The van der Waals surface area contributed by atoms with E-state index in [0.717, 1.165) is 23.0 Å². The van der Waals surface area contributed by atoms with Crippen LogP contribution in [0, 0.1) is 10.5 Å². The highest BCUT2D eigenvalue weighted by Gasteiger charge is 2.27. The van der Waals surface area contributed by atoms with Crippen molar-refractivity contribution < 1.29 is 4.39 Å². The molecule has 1 fully saturated rings. The van der Waals surface area contributed by atoms with Gasteiger partial charge in [-0.1, -0.05) is 29.9 Å². The van der Waals surface area contributed by atoms with Crippen molar-refractivity contribution in [3.8, 4) is 0 Å². The first-order valence-electron chi connectivity index (χ1n) is 6.27. The molecule has 3 rings (SSSR count). The third-order valence-corrected chi connectivity index (χ3v) is 5.05. The van der Waals surface area contributed by atoms with Crippen molar-refractivity contribution in [1.29, 1.82) is 0 Å². The molecule has 0 bridgehead atoms. The number of nitrogens with one attached hydrogen (secondary N) is 1. The second-order valence-electron chi connectivity index (χ2n) is 4.87. The van der Waals surface area contributed by atoms with E-state index in [1.54, 1.807) is 12.1 Å². The molecular formula is C14H11BrClFN2S. The van der Waals surface area contributed by atoms with Crippen molar-refractivity contribution in [2.45, 2.75) is 25.2 Å². The number of benzene rings is 1. The number of hydrogen-bond acceptors (Lipinski definition) is 2. The number of rotatable bonds is 3. The fraction of sp³-hybridized carbons (Fsp3) is 0.286. The Hall–Kier alpha value is -0.780. The van der Waals surface area contributed by atoms with Crippen LogP contribution in [-0.4, -0.2) is 9.97 Å². The van der Waals surface area contributed by atoms with E-state index < -0.39 is 0 Å². The van der Waals surface area contributed by atoms with Gasteiger partial charge in [0.15, 0.2) is 0 Å². The molecule has 0 amide bonds. The molecule has 1 aromatic heterocycles. The number of halogens is 3. The van der Waals surface area contributed by atoms with Gasteiger partial charge in [0.1, 0.15) is 16.3 Å². The van der Waals surface area contributed by atoms with E-state index in [4.69, 9.17) is 23.8 Å². The van der Waals surface area contributed by atoms with Crippen molar-refractivity contribution in [2.24, 2.45) is 0 Å². The van der Waals surface area contributed by atoms with E-state index in [0.29, 0.717) is 33.4 Å². The zero-order valence-corrected chi connectivity index (χ0v) is 13.6. The highest BCUT2D eigenvalue weighted by atomic mass is 79.9. The largest absolute Gasteiger partial charge is 0.346 e. The van der Waals surface area contributed by atoms with Crippen LogP contribution in [0.5, 0.6) is 0 Å². The van der Waals surface area contributed by atoms with E-state index in [-0.39, 0.29) is 5.82 Å². The lowest BCUT2D eigenvalue weighted by Crippen LogP contribution is -2.03. The van der Waals surface area contributed by atoms with Crippen LogP contribution in [0.15, 0.2) is 22.7 Å². The minimum absolute atomic E-state index is 0.308. The molecule has 1 heterocycles. The van der Waals surface area contributed by atoms with Gasteiger partial charge in [-0.2, -0.15) is 0 Å². The van der Waals surface area contributed by atoms with Crippen LogP contribution in [-0.2, 0) is 6.42 Å². The van der Waals surface area contributed by atoms with Gasteiger partial charge in [0.2, 0.25) is 0 Å². The lowest BCUT2D eigenvalue weighted by atomic mass is 10.1. The molecule has 0 unspecified atom stereocenters. The summed E-state index contributed by atoms with van der Waals surface area (Å²) in [5.74, 6) is 0.825. The summed E-state index contributed by atoms with van der Waals surface area (Å²) >= 11 is 14.8. The van der Waals surface area contributed by atoms with Gasteiger partial charge in [-0.05, 0) is 40.9 Å². The van der Waals surface area contributed by atoms with E-state index >= 15 is 0 Å². The minimum Gasteiger partial charge on any atom is -0.346 e. The van der Waals surface area contributed by atoms with Gasteiger partial charge in [0.25, 0.3) is 0 Å². The van der Waals surface area contributed by atoms with Gasteiger partial charge < -0.3 is 4.98 Å². The molecule has 0 radical (unpaired) electrons. The summed E-state index contributed by atoms with van der Waals surface area (Å²) in [6.07, 6.45) is 2.60. The molecule has 0 saturated heterocycles. The molecule has 1 N–H and O–H groups in total. The third kappa shape index (κ3) is 2.80. The number of aromatic nitrogens is 2. The molecule has 1 saturated carbocycles. The second kappa shape index (κ2) is 5.54. The number of nitrogens with zero attached hydrogens (tertiary/aromatic N) is 1. The Morgan fingerprint density at radius 2 is 2.20 bits per heavy atom. The molecule has 104 valence electrons. The summed E-state index contributed by atoms with van der Waals surface area (Å²) in [6.45, 7) is 0. The van der Waals surface area contributed by atoms with Gasteiger partial charge in [0.05, 0.1) is 4.47 Å². The van der Waals surface area contributed by atoms with E-state index in [1.807, 2.05) is 0 Å². The highest BCUT2D eigenvalue weighted by molar-refractivity contribution is 9.10. The Labute approximate surface area is 134 Å². The van der Waals surface area contributed by atoms with Crippen LogP contribution >= 0.6 is 39.7 Å². The predicted octanol–water partition coefficient (Wildman–Crippen LogP) is 5.16. The van der Waals surface area contributed by atoms with Gasteiger partial charge in [-0.3, -0.25) is 0 Å². The molecule has 6 heteroatoms. The molecule has 0 aliphatic heterocycles. The first-order valence-corrected chi connectivity index (χ1v) is 7.85. The van der Waals surface area contributed by atoms with Gasteiger partial charge in [0, 0.05) is 28.6 Å². The highest BCUT2D eigenvalue weighted by Crippen LogP contribution is 2.42. The fourth-order valence-electron chi connectivity index (χ4n) is 2.13.